The molecule has 2 atom stereocenters. The fourth-order valence-electron chi connectivity index (χ4n) is 1.73. The number of hydrogen-bond acceptors (Lipinski definition) is 2. The molecule has 1 amide bonds. The Morgan fingerprint density at radius 2 is 2.00 bits per heavy atom. The zero-order valence-electron chi connectivity index (χ0n) is 9.23. The number of carbonyl (C=O) groups excluding carboxylic acids is 1. The van der Waals surface area contributed by atoms with Gasteiger partial charge >= 0.3 is 0 Å². The molecule has 3 nitrogen and oxygen atoms in total. The molecule has 82 valence electrons. The normalized spacial score (nSPS) is 14.5. The SMILES string of the molecule is CNCC(C(N)=O)C(C)c1ccccc1. The van der Waals surface area contributed by atoms with Crippen LogP contribution in [-0.4, -0.2) is 19.5 Å². The minimum Gasteiger partial charge on any atom is -0.369 e. The van der Waals surface area contributed by atoms with Crippen LogP contribution in [0.15, 0.2) is 30.3 Å². The van der Waals surface area contributed by atoms with E-state index in [1.54, 1.807) is 0 Å². The van der Waals surface area contributed by atoms with E-state index in [1.165, 1.54) is 0 Å². The molecule has 0 saturated carbocycles. The molecule has 1 aromatic carbocycles. The van der Waals surface area contributed by atoms with Crippen molar-refractivity contribution in [1.82, 2.24) is 5.32 Å². The quantitative estimate of drug-likeness (QED) is 0.758. The Hall–Kier alpha value is -1.35. The fraction of sp³-hybridized carbons (Fsp3) is 0.417. The number of amides is 1. The van der Waals surface area contributed by atoms with Crippen LogP contribution in [0, 0.1) is 5.92 Å². The smallest absolute Gasteiger partial charge is 0.222 e. The van der Waals surface area contributed by atoms with Crippen molar-refractivity contribution in [3.63, 3.8) is 0 Å². The third-order valence-electron chi connectivity index (χ3n) is 2.72. The monoisotopic (exact) mass is 206 g/mol. The highest BCUT2D eigenvalue weighted by atomic mass is 16.1. The zero-order chi connectivity index (χ0) is 11.3. The van der Waals surface area contributed by atoms with Crippen LogP contribution in [0.25, 0.3) is 0 Å². The summed E-state index contributed by atoms with van der Waals surface area (Å²) in [5.74, 6) is -0.255. The second-order valence-electron chi connectivity index (χ2n) is 3.77. The van der Waals surface area contributed by atoms with E-state index in [4.69, 9.17) is 5.73 Å². The molecule has 0 fully saturated rings. The number of hydrogen-bond donors (Lipinski definition) is 2. The summed E-state index contributed by atoms with van der Waals surface area (Å²) in [5, 5.41) is 3.00. The number of benzene rings is 1. The summed E-state index contributed by atoms with van der Waals surface area (Å²) in [6.45, 7) is 2.65. The van der Waals surface area contributed by atoms with Crippen LogP contribution in [0.1, 0.15) is 18.4 Å². The van der Waals surface area contributed by atoms with Gasteiger partial charge in [0, 0.05) is 6.54 Å². The van der Waals surface area contributed by atoms with Crippen molar-refractivity contribution in [3.8, 4) is 0 Å². The van der Waals surface area contributed by atoms with Crippen LogP contribution in [0.2, 0.25) is 0 Å². The number of nitrogens with two attached hydrogens (primary N) is 1. The van der Waals surface area contributed by atoms with Crippen LogP contribution in [-0.2, 0) is 4.79 Å². The van der Waals surface area contributed by atoms with E-state index in [0.29, 0.717) is 6.54 Å². The van der Waals surface area contributed by atoms with Crippen molar-refractivity contribution in [2.24, 2.45) is 11.7 Å². The maximum Gasteiger partial charge on any atom is 0.222 e. The molecular formula is C12H18N2O. The molecule has 0 bridgehead atoms. The number of carbonyl (C=O) groups is 1. The van der Waals surface area contributed by atoms with Gasteiger partial charge in [0.2, 0.25) is 5.91 Å². The van der Waals surface area contributed by atoms with E-state index >= 15 is 0 Å². The van der Waals surface area contributed by atoms with Gasteiger partial charge in [0.25, 0.3) is 0 Å². The van der Waals surface area contributed by atoms with E-state index < -0.39 is 0 Å². The van der Waals surface area contributed by atoms with Crippen molar-refractivity contribution >= 4 is 5.91 Å². The number of primary amides is 1. The standard InChI is InChI=1S/C12H18N2O/c1-9(10-6-4-3-5-7-10)11(8-14-2)12(13)15/h3-7,9,11,14H,8H2,1-2H3,(H2,13,15). The van der Waals surface area contributed by atoms with Gasteiger partial charge in [-0.05, 0) is 18.5 Å². The first kappa shape index (κ1) is 11.7. The molecule has 0 aliphatic carbocycles. The predicted octanol–water partition coefficient (Wildman–Crippen LogP) is 1.11. The predicted molar refractivity (Wildman–Crippen MR) is 61.5 cm³/mol. The van der Waals surface area contributed by atoms with Gasteiger partial charge in [0.05, 0.1) is 5.92 Å². The van der Waals surface area contributed by atoms with Gasteiger partial charge in [0.15, 0.2) is 0 Å². The maximum atomic E-state index is 11.3. The lowest BCUT2D eigenvalue weighted by Gasteiger charge is -2.21. The molecule has 0 spiro atoms. The average molecular weight is 206 g/mol. The highest BCUT2D eigenvalue weighted by Gasteiger charge is 2.23. The Kier molecular flexibility index (Phi) is 4.31. The highest BCUT2D eigenvalue weighted by molar-refractivity contribution is 5.78. The average Bonchev–Trinajstić information content (AvgIpc) is 2.26. The lowest BCUT2D eigenvalue weighted by molar-refractivity contribution is -0.122. The Bertz CT molecular complexity index is 311. The molecule has 15 heavy (non-hydrogen) atoms. The van der Waals surface area contributed by atoms with Gasteiger partial charge in [-0.1, -0.05) is 37.3 Å². The van der Waals surface area contributed by atoms with Crippen LogP contribution in [0.4, 0.5) is 0 Å². The van der Waals surface area contributed by atoms with Crippen molar-refractivity contribution < 1.29 is 4.79 Å². The lowest BCUT2D eigenvalue weighted by atomic mass is 9.87. The van der Waals surface area contributed by atoms with Crippen molar-refractivity contribution in [1.29, 1.82) is 0 Å². The number of nitrogens with one attached hydrogen (secondary N) is 1. The summed E-state index contributed by atoms with van der Waals surface area (Å²) in [5.41, 5.74) is 6.53. The Labute approximate surface area is 90.7 Å². The summed E-state index contributed by atoms with van der Waals surface area (Å²) in [7, 11) is 1.83. The second-order valence-corrected chi connectivity index (χ2v) is 3.77. The van der Waals surface area contributed by atoms with Crippen molar-refractivity contribution in [2.45, 2.75) is 12.8 Å². The van der Waals surface area contributed by atoms with Crippen molar-refractivity contribution in [2.75, 3.05) is 13.6 Å². The van der Waals surface area contributed by atoms with Gasteiger partial charge in [-0.15, -0.1) is 0 Å². The molecule has 2 unspecified atom stereocenters. The van der Waals surface area contributed by atoms with Crippen LogP contribution in [0.5, 0.6) is 0 Å². The maximum absolute atomic E-state index is 11.3. The van der Waals surface area contributed by atoms with E-state index in [-0.39, 0.29) is 17.7 Å². The second kappa shape index (κ2) is 5.51. The summed E-state index contributed by atoms with van der Waals surface area (Å²) >= 11 is 0. The summed E-state index contributed by atoms with van der Waals surface area (Å²) in [6, 6.07) is 9.96. The van der Waals surface area contributed by atoms with Gasteiger partial charge in [-0.25, -0.2) is 0 Å². The number of rotatable bonds is 5. The molecule has 0 aromatic heterocycles. The molecule has 3 heteroatoms. The lowest BCUT2D eigenvalue weighted by Crippen LogP contribution is -2.35. The Morgan fingerprint density at radius 1 is 1.40 bits per heavy atom. The molecule has 0 aliphatic rings. The molecule has 3 N–H and O–H groups in total. The summed E-state index contributed by atoms with van der Waals surface area (Å²) in [6.07, 6.45) is 0. The largest absolute Gasteiger partial charge is 0.369 e. The first-order valence-electron chi connectivity index (χ1n) is 5.15. The Morgan fingerprint density at radius 3 is 2.47 bits per heavy atom. The molecule has 0 radical (unpaired) electrons. The fourth-order valence-corrected chi connectivity index (χ4v) is 1.73. The Balaban J connectivity index is 2.81. The molecular weight excluding hydrogens is 188 g/mol. The van der Waals surface area contributed by atoms with Gasteiger partial charge < -0.3 is 11.1 Å². The van der Waals surface area contributed by atoms with Gasteiger partial charge in [-0.3, -0.25) is 4.79 Å². The topological polar surface area (TPSA) is 55.1 Å². The third-order valence-corrected chi connectivity index (χ3v) is 2.72. The first-order valence-corrected chi connectivity index (χ1v) is 5.15. The minimum atomic E-state index is -0.249. The van der Waals surface area contributed by atoms with Crippen LogP contribution < -0.4 is 11.1 Å². The van der Waals surface area contributed by atoms with Crippen molar-refractivity contribution in [3.05, 3.63) is 35.9 Å². The third kappa shape index (κ3) is 3.06. The van der Waals surface area contributed by atoms with E-state index in [1.807, 2.05) is 44.3 Å². The molecule has 1 aromatic rings. The van der Waals surface area contributed by atoms with E-state index in [0.717, 1.165) is 5.56 Å². The summed E-state index contributed by atoms with van der Waals surface area (Å²) in [4.78, 5) is 11.3. The first-order chi connectivity index (χ1) is 7.16. The minimum absolute atomic E-state index is 0.149. The van der Waals surface area contributed by atoms with E-state index in [2.05, 4.69) is 5.32 Å². The molecule has 0 saturated heterocycles. The van der Waals surface area contributed by atoms with Crippen LogP contribution >= 0.6 is 0 Å². The van der Waals surface area contributed by atoms with E-state index in [9.17, 15) is 4.79 Å². The zero-order valence-corrected chi connectivity index (χ0v) is 9.23. The van der Waals surface area contributed by atoms with Crippen LogP contribution in [0.3, 0.4) is 0 Å². The summed E-state index contributed by atoms with van der Waals surface area (Å²) < 4.78 is 0. The molecule has 0 aliphatic heterocycles. The molecule has 0 heterocycles. The molecule has 1 rings (SSSR count). The van der Waals surface area contributed by atoms with Gasteiger partial charge in [0.1, 0.15) is 0 Å². The van der Waals surface area contributed by atoms with Gasteiger partial charge in [-0.2, -0.15) is 0 Å². The highest BCUT2D eigenvalue weighted by Crippen LogP contribution is 2.23.